The van der Waals surface area contributed by atoms with Crippen LogP contribution in [0.5, 0.6) is 0 Å². The summed E-state index contributed by atoms with van der Waals surface area (Å²) in [6.45, 7) is 7.65. The third-order valence-corrected chi connectivity index (χ3v) is 6.51. The molecule has 0 saturated heterocycles. The summed E-state index contributed by atoms with van der Waals surface area (Å²) in [4.78, 5) is 8.94. The van der Waals surface area contributed by atoms with Crippen molar-refractivity contribution in [3.63, 3.8) is 0 Å². The van der Waals surface area contributed by atoms with Gasteiger partial charge in [0.2, 0.25) is 0 Å². The van der Waals surface area contributed by atoms with E-state index in [0.717, 1.165) is 17.8 Å². The molecule has 0 aliphatic heterocycles. The summed E-state index contributed by atoms with van der Waals surface area (Å²) < 4.78 is 15.5. The standard InChI is InChI=1S/C12H27N.C5H13O3PS/c1-3-5-7-9-11-13-12-10-8-6-4-2;1-3-5-10-9(6,7)8-4-2/h13H,3-12H2,1-2H3;3-5H2,1-2H3,(H,6,7). The molecule has 23 heavy (non-hydrogen) atoms. The van der Waals surface area contributed by atoms with Gasteiger partial charge in [0.25, 0.3) is 0 Å². The quantitative estimate of drug-likeness (QED) is 0.274. The summed E-state index contributed by atoms with van der Waals surface area (Å²) >= 11 is 0.992. The lowest BCUT2D eigenvalue weighted by Gasteiger charge is -2.07. The molecule has 1 unspecified atom stereocenters. The van der Waals surface area contributed by atoms with Gasteiger partial charge in [-0.05, 0) is 50.7 Å². The molecule has 0 aliphatic rings. The van der Waals surface area contributed by atoms with Crippen LogP contribution < -0.4 is 5.32 Å². The maximum Gasteiger partial charge on any atom is 0.386 e. The van der Waals surface area contributed by atoms with Crippen molar-refractivity contribution >= 4 is 18.2 Å². The lowest BCUT2D eigenvalue weighted by atomic mass is 10.2. The van der Waals surface area contributed by atoms with Gasteiger partial charge in [0.1, 0.15) is 0 Å². The van der Waals surface area contributed by atoms with E-state index >= 15 is 0 Å². The number of hydrogen-bond acceptors (Lipinski definition) is 4. The molecular formula is C17H40NO3PS. The van der Waals surface area contributed by atoms with Crippen LogP contribution in [-0.4, -0.2) is 30.3 Å². The molecule has 0 spiro atoms. The Bertz CT molecular complexity index is 258. The Morgan fingerprint density at radius 1 is 0.870 bits per heavy atom. The van der Waals surface area contributed by atoms with E-state index < -0.39 is 6.80 Å². The van der Waals surface area contributed by atoms with Gasteiger partial charge in [-0.3, -0.25) is 0 Å². The zero-order chi connectivity index (χ0) is 17.8. The molecule has 1 atom stereocenters. The van der Waals surface area contributed by atoms with E-state index in [0.29, 0.717) is 12.4 Å². The fourth-order valence-corrected chi connectivity index (χ4v) is 4.48. The van der Waals surface area contributed by atoms with Crippen LogP contribution in [0.15, 0.2) is 0 Å². The van der Waals surface area contributed by atoms with Gasteiger partial charge in [-0.2, -0.15) is 0 Å². The second-order valence-electron chi connectivity index (χ2n) is 5.59. The minimum absolute atomic E-state index is 0.296. The molecule has 4 nitrogen and oxygen atoms in total. The molecule has 0 aromatic carbocycles. The van der Waals surface area contributed by atoms with E-state index in [1.807, 2.05) is 6.92 Å². The number of hydrogen-bond donors (Lipinski definition) is 2. The van der Waals surface area contributed by atoms with Crippen molar-refractivity contribution in [2.24, 2.45) is 0 Å². The summed E-state index contributed by atoms with van der Waals surface area (Å²) in [7, 11) is 0. The molecule has 0 saturated carbocycles. The molecule has 0 bridgehead atoms. The van der Waals surface area contributed by atoms with Crippen LogP contribution in [0, 0.1) is 0 Å². The highest BCUT2D eigenvalue weighted by Gasteiger charge is 2.17. The van der Waals surface area contributed by atoms with Crippen LogP contribution in [0.2, 0.25) is 0 Å². The first kappa shape index (κ1) is 25.7. The van der Waals surface area contributed by atoms with E-state index in [2.05, 4.69) is 23.7 Å². The molecule has 2 N–H and O–H groups in total. The zero-order valence-corrected chi connectivity index (χ0v) is 17.5. The number of rotatable bonds is 15. The molecule has 0 fully saturated rings. The van der Waals surface area contributed by atoms with Crippen molar-refractivity contribution in [2.75, 3.05) is 25.4 Å². The third kappa shape index (κ3) is 24.8. The highest BCUT2D eigenvalue weighted by atomic mass is 32.7. The summed E-state index contributed by atoms with van der Waals surface area (Å²) in [6, 6.07) is 0. The van der Waals surface area contributed by atoms with E-state index in [1.54, 1.807) is 6.92 Å². The normalized spacial score (nSPS) is 13.3. The Morgan fingerprint density at radius 2 is 1.39 bits per heavy atom. The number of unbranched alkanes of at least 4 members (excludes halogenated alkanes) is 6. The first-order valence-corrected chi connectivity index (χ1v) is 12.5. The summed E-state index contributed by atoms with van der Waals surface area (Å²) in [5, 5.41) is 3.50. The predicted octanol–water partition coefficient (Wildman–Crippen LogP) is 6.00. The zero-order valence-electron chi connectivity index (χ0n) is 15.8. The molecule has 0 amide bonds. The number of nitrogens with one attached hydrogen (secondary N) is 1. The molecule has 142 valence electrons. The Kier molecular flexibility index (Phi) is 22.9. The first-order valence-electron chi connectivity index (χ1n) is 9.36. The van der Waals surface area contributed by atoms with Crippen LogP contribution >= 0.6 is 18.2 Å². The Morgan fingerprint density at radius 3 is 1.78 bits per heavy atom. The van der Waals surface area contributed by atoms with Gasteiger partial charge in [0.15, 0.2) is 0 Å². The minimum atomic E-state index is -3.29. The lowest BCUT2D eigenvalue weighted by Crippen LogP contribution is -2.16. The molecule has 0 aliphatic carbocycles. The predicted molar refractivity (Wildman–Crippen MR) is 105 cm³/mol. The van der Waals surface area contributed by atoms with Gasteiger partial charge in [-0.1, -0.05) is 59.3 Å². The van der Waals surface area contributed by atoms with Gasteiger partial charge in [0.05, 0.1) is 6.61 Å². The van der Waals surface area contributed by atoms with E-state index in [4.69, 9.17) is 4.89 Å². The first-order chi connectivity index (χ1) is 11.0. The highest BCUT2D eigenvalue weighted by molar-refractivity contribution is 8.54. The molecule has 0 radical (unpaired) electrons. The van der Waals surface area contributed by atoms with Crippen molar-refractivity contribution in [1.29, 1.82) is 0 Å². The van der Waals surface area contributed by atoms with Gasteiger partial charge in [-0.25, -0.2) is 4.57 Å². The second kappa shape index (κ2) is 20.5. The minimum Gasteiger partial charge on any atom is -0.317 e. The van der Waals surface area contributed by atoms with E-state index in [-0.39, 0.29) is 0 Å². The van der Waals surface area contributed by atoms with E-state index in [9.17, 15) is 4.57 Å². The van der Waals surface area contributed by atoms with Crippen LogP contribution in [0.25, 0.3) is 0 Å². The monoisotopic (exact) mass is 369 g/mol. The van der Waals surface area contributed by atoms with Crippen molar-refractivity contribution in [3.8, 4) is 0 Å². The van der Waals surface area contributed by atoms with Crippen LogP contribution in [0.3, 0.4) is 0 Å². The van der Waals surface area contributed by atoms with Gasteiger partial charge >= 0.3 is 6.80 Å². The van der Waals surface area contributed by atoms with Crippen molar-refractivity contribution in [3.05, 3.63) is 0 Å². The summed E-state index contributed by atoms with van der Waals surface area (Å²) in [5.74, 6) is 0.674. The lowest BCUT2D eigenvalue weighted by molar-refractivity contribution is 0.291. The van der Waals surface area contributed by atoms with Crippen LogP contribution in [0.4, 0.5) is 0 Å². The largest absolute Gasteiger partial charge is 0.386 e. The third-order valence-electron chi connectivity index (χ3n) is 3.17. The smallest absolute Gasteiger partial charge is 0.317 e. The topological polar surface area (TPSA) is 58.6 Å². The maximum absolute atomic E-state index is 10.9. The second-order valence-corrected chi connectivity index (χ2v) is 9.61. The average Bonchev–Trinajstić information content (AvgIpc) is 2.52. The fraction of sp³-hybridized carbons (Fsp3) is 1.00. The average molecular weight is 370 g/mol. The van der Waals surface area contributed by atoms with Crippen molar-refractivity contribution < 1.29 is 14.0 Å². The van der Waals surface area contributed by atoms with Gasteiger partial charge in [-0.15, -0.1) is 0 Å². The van der Waals surface area contributed by atoms with Gasteiger partial charge < -0.3 is 14.7 Å². The van der Waals surface area contributed by atoms with Crippen molar-refractivity contribution in [2.45, 2.75) is 85.5 Å². The van der Waals surface area contributed by atoms with Crippen LogP contribution in [-0.2, 0) is 9.09 Å². The Balaban J connectivity index is 0. The van der Waals surface area contributed by atoms with Crippen LogP contribution in [0.1, 0.15) is 85.5 Å². The summed E-state index contributed by atoms with van der Waals surface area (Å²) in [6.07, 6.45) is 11.9. The Hall–Kier alpha value is 0.460. The molecule has 0 aromatic heterocycles. The molecule has 0 rings (SSSR count). The van der Waals surface area contributed by atoms with Crippen molar-refractivity contribution in [1.82, 2.24) is 5.32 Å². The molecule has 0 aromatic rings. The van der Waals surface area contributed by atoms with E-state index in [1.165, 1.54) is 64.5 Å². The highest BCUT2D eigenvalue weighted by Crippen LogP contribution is 2.55. The van der Waals surface area contributed by atoms with Gasteiger partial charge in [0, 0.05) is 5.75 Å². The Labute approximate surface area is 148 Å². The SMILES string of the molecule is CCCCCCNCCCCCC.CCCSP(=O)(O)OCC. The fourth-order valence-electron chi connectivity index (χ4n) is 1.89. The molecular weight excluding hydrogens is 329 g/mol. The summed E-state index contributed by atoms with van der Waals surface area (Å²) in [5.41, 5.74) is 0. The molecule has 0 heterocycles. The molecule has 6 heteroatoms. The maximum atomic E-state index is 10.9.